The average Bonchev–Trinajstić information content (AvgIpc) is 2.01. The van der Waals surface area contributed by atoms with Crippen LogP contribution in [0.4, 0.5) is 0 Å². The van der Waals surface area contributed by atoms with Crippen molar-refractivity contribution in [2.75, 3.05) is 13.1 Å². The first kappa shape index (κ1) is 9.69. The van der Waals surface area contributed by atoms with Gasteiger partial charge in [-0.2, -0.15) is 5.10 Å². The zero-order chi connectivity index (χ0) is 8.53. The van der Waals surface area contributed by atoms with E-state index in [1.807, 2.05) is 5.01 Å². The summed E-state index contributed by atoms with van der Waals surface area (Å²) in [5.41, 5.74) is 0. The zero-order valence-corrected chi connectivity index (χ0v) is 6.74. The van der Waals surface area contributed by atoms with Crippen molar-refractivity contribution in [3.8, 4) is 0 Å². The first-order valence-electron chi connectivity index (χ1n) is 3.47. The number of rotatable bonds is 6. The van der Waals surface area contributed by atoms with E-state index in [1.165, 1.54) is 0 Å². The van der Waals surface area contributed by atoms with Gasteiger partial charge in [0.1, 0.15) is 0 Å². The fraction of sp³-hybridized carbons (Fsp3) is 0.222. The molecule has 0 bridgehead atoms. The van der Waals surface area contributed by atoms with E-state index in [0.29, 0.717) is 0 Å². The van der Waals surface area contributed by atoms with Crippen LogP contribution in [0.2, 0.25) is 0 Å². The van der Waals surface area contributed by atoms with Crippen LogP contribution in [0.1, 0.15) is 0 Å². The topological polar surface area (TPSA) is 15.6 Å². The predicted molar refractivity (Wildman–Crippen MR) is 50.7 cm³/mol. The highest BCUT2D eigenvalue weighted by Gasteiger charge is 1.90. The number of hydrogen-bond donors (Lipinski definition) is 0. The Morgan fingerprint density at radius 3 is 2.00 bits per heavy atom. The van der Waals surface area contributed by atoms with E-state index < -0.39 is 0 Å². The van der Waals surface area contributed by atoms with E-state index in [0.717, 1.165) is 13.1 Å². The maximum Gasteiger partial charge on any atom is 0.0542 e. The minimum absolute atomic E-state index is 0.732. The number of nitrogens with zero attached hydrogens (tertiary/aromatic N) is 2. The Bertz CT molecular complexity index is 149. The first-order chi connectivity index (χ1) is 5.35. The van der Waals surface area contributed by atoms with E-state index in [1.54, 1.807) is 24.4 Å². The molecule has 0 aromatic heterocycles. The van der Waals surface area contributed by atoms with E-state index in [4.69, 9.17) is 0 Å². The molecule has 0 radical (unpaired) electrons. The molecule has 0 saturated heterocycles. The molecule has 60 valence electrons. The van der Waals surface area contributed by atoms with Crippen LogP contribution in [0.3, 0.4) is 0 Å². The maximum atomic E-state index is 4.07. The van der Waals surface area contributed by atoms with E-state index >= 15 is 0 Å². The largest absolute Gasteiger partial charge is 0.289 e. The summed E-state index contributed by atoms with van der Waals surface area (Å²) >= 11 is 0. The third-order valence-corrected chi connectivity index (χ3v) is 1.02. The van der Waals surface area contributed by atoms with Crippen molar-refractivity contribution in [1.82, 2.24) is 5.01 Å². The van der Waals surface area contributed by atoms with Crippen LogP contribution in [0.5, 0.6) is 0 Å². The lowest BCUT2D eigenvalue weighted by molar-refractivity contribution is 0.358. The van der Waals surface area contributed by atoms with Crippen molar-refractivity contribution in [2.24, 2.45) is 5.10 Å². The standard InChI is InChI=1S/C9H14N2/c1-4-7-10-11(8-5-2)9-6-3/h4-7H,1-3,8-9H2/b10-7-. The van der Waals surface area contributed by atoms with E-state index in [2.05, 4.69) is 24.8 Å². The Labute approximate surface area is 68.2 Å². The molecule has 0 aromatic carbocycles. The minimum atomic E-state index is 0.732. The SMILES string of the molecule is C=C/C=N\N(CC=C)CC=C. The Morgan fingerprint density at radius 2 is 1.64 bits per heavy atom. The molecule has 0 spiro atoms. The average molecular weight is 150 g/mol. The summed E-state index contributed by atoms with van der Waals surface area (Å²) in [5.74, 6) is 0. The van der Waals surface area contributed by atoms with Crippen LogP contribution in [0.15, 0.2) is 43.1 Å². The summed E-state index contributed by atoms with van der Waals surface area (Å²) in [4.78, 5) is 0. The van der Waals surface area contributed by atoms with Crippen LogP contribution >= 0.6 is 0 Å². The molecule has 0 aliphatic heterocycles. The fourth-order valence-electron chi connectivity index (χ4n) is 0.608. The molecule has 2 heteroatoms. The lowest BCUT2D eigenvalue weighted by Gasteiger charge is -2.13. The molecule has 0 aliphatic carbocycles. The number of allylic oxidation sites excluding steroid dienone is 1. The minimum Gasteiger partial charge on any atom is -0.289 e. The highest BCUT2D eigenvalue weighted by atomic mass is 15.4. The third kappa shape index (κ3) is 5.15. The smallest absolute Gasteiger partial charge is 0.0542 e. The van der Waals surface area contributed by atoms with Crippen LogP contribution in [0, 0.1) is 0 Å². The van der Waals surface area contributed by atoms with Crippen molar-refractivity contribution in [3.05, 3.63) is 38.0 Å². The van der Waals surface area contributed by atoms with Gasteiger partial charge in [-0.15, -0.1) is 13.2 Å². The molecule has 0 unspecified atom stereocenters. The predicted octanol–water partition coefficient (Wildman–Crippen LogP) is 1.83. The molecular formula is C9H14N2. The summed E-state index contributed by atoms with van der Waals surface area (Å²) in [6, 6.07) is 0. The van der Waals surface area contributed by atoms with Gasteiger partial charge in [-0.25, -0.2) is 0 Å². The van der Waals surface area contributed by atoms with Gasteiger partial charge in [0.2, 0.25) is 0 Å². The van der Waals surface area contributed by atoms with Crippen LogP contribution in [0.25, 0.3) is 0 Å². The molecule has 0 aromatic rings. The van der Waals surface area contributed by atoms with Crippen molar-refractivity contribution < 1.29 is 0 Å². The second-order valence-electron chi connectivity index (χ2n) is 1.95. The molecule has 0 N–H and O–H groups in total. The quantitative estimate of drug-likeness (QED) is 0.320. The maximum absolute atomic E-state index is 4.07. The number of hydrogen-bond acceptors (Lipinski definition) is 2. The highest BCUT2D eigenvalue weighted by Crippen LogP contribution is 1.88. The Balaban J connectivity index is 3.85. The molecule has 0 aliphatic rings. The fourth-order valence-corrected chi connectivity index (χ4v) is 0.608. The molecule has 0 atom stereocenters. The lowest BCUT2D eigenvalue weighted by atomic mass is 10.5. The first-order valence-corrected chi connectivity index (χ1v) is 3.47. The summed E-state index contributed by atoms with van der Waals surface area (Å²) in [5, 5.41) is 5.90. The van der Waals surface area contributed by atoms with Crippen molar-refractivity contribution >= 4 is 6.21 Å². The normalized spacial score (nSPS) is 9.45. The molecule has 11 heavy (non-hydrogen) atoms. The van der Waals surface area contributed by atoms with Gasteiger partial charge >= 0.3 is 0 Å². The lowest BCUT2D eigenvalue weighted by Crippen LogP contribution is -2.16. The van der Waals surface area contributed by atoms with Gasteiger partial charge in [-0.1, -0.05) is 18.7 Å². The van der Waals surface area contributed by atoms with Gasteiger partial charge in [0.05, 0.1) is 13.1 Å². The Hall–Kier alpha value is -1.31. The third-order valence-electron chi connectivity index (χ3n) is 1.02. The molecule has 0 rings (SSSR count). The van der Waals surface area contributed by atoms with Gasteiger partial charge in [0, 0.05) is 6.21 Å². The molecule has 0 amide bonds. The van der Waals surface area contributed by atoms with Gasteiger partial charge in [-0.05, 0) is 6.08 Å². The van der Waals surface area contributed by atoms with Gasteiger partial charge in [0.25, 0.3) is 0 Å². The Morgan fingerprint density at radius 1 is 1.09 bits per heavy atom. The van der Waals surface area contributed by atoms with Crippen molar-refractivity contribution in [3.63, 3.8) is 0 Å². The zero-order valence-electron chi connectivity index (χ0n) is 6.74. The van der Waals surface area contributed by atoms with Crippen molar-refractivity contribution in [2.45, 2.75) is 0 Å². The summed E-state index contributed by atoms with van der Waals surface area (Å²) in [6.07, 6.45) is 6.88. The summed E-state index contributed by atoms with van der Waals surface area (Å²) in [7, 11) is 0. The summed E-state index contributed by atoms with van der Waals surface area (Å²) in [6.45, 7) is 12.2. The molecule has 2 nitrogen and oxygen atoms in total. The molecule has 0 heterocycles. The second-order valence-corrected chi connectivity index (χ2v) is 1.95. The molecule has 0 fully saturated rings. The highest BCUT2D eigenvalue weighted by molar-refractivity contribution is 5.69. The van der Waals surface area contributed by atoms with E-state index in [9.17, 15) is 0 Å². The monoisotopic (exact) mass is 150 g/mol. The van der Waals surface area contributed by atoms with Crippen LogP contribution in [-0.4, -0.2) is 24.3 Å². The summed E-state index contributed by atoms with van der Waals surface area (Å²) < 4.78 is 0. The van der Waals surface area contributed by atoms with Gasteiger partial charge in [-0.3, -0.25) is 5.01 Å². The molecule has 0 saturated carbocycles. The molecular weight excluding hydrogens is 136 g/mol. The van der Waals surface area contributed by atoms with Gasteiger partial charge in [0.15, 0.2) is 0 Å². The van der Waals surface area contributed by atoms with Crippen molar-refractivity contribution in [1.29, 1.82) is 0 Å². The Kier molecular flexibility index (Phi) is 5.99. The number of hydrazone groups is 1. The van der Waals surface area contributed by atoms with Crippen LogP contribution < -0.4 is 0 Å². The van der Waals surface area contributed by atoms with Gasteiger partial charge < -0.3 is 0 Å². The van der Waals surface area contributed by atoms with Crippen LogP contribution in [-0.2, 0) is 0 Å². The second kappa shape index (κ2) is 6.81. The van der Waals surface area contributed by atoms with E-state index in [-0.39, 0.29) is 0 Å².